The Labute approximate surface area is 140 Å². The van der Waals surface area contributed by atoms with E-state index in [2.05, 4.69) is 20.7 Å². The van der Waals surface area contributed by atoms with Crippen LogP contribution in [0, 0.1) is 5.92 Å². The second-order valence-corrected chi connectivity index (χ2v) is 5.81. The fraction of sp³-hybridized carbons (Fsp3) is 0.375. The minimum atomic E-state index is -0.713. The molecule has 1 heterocycles. The zero-order valence-corrected chi connectivity index (χ0v) is 13.8. The molecule has 128 valence electrons. The number of hydrogen-bond acceptors (Lipinski definition) is 4. The van der Waals surface area contributed by atoms with Gasteiger partial charge in [-0.3, -0.25) is 4.79 Å². The second-order valence-electron chi connectivity index (χ2n) is 5.81. The molecule has 0 aliphatic heterocycles. The summed E-state index contributed by atoms with van der Waals surface area (Å²) in [6, 6.07) is 6.39. The van der Waals surface area contributed by atoms with Crippen LogP contribution in [0.3, 0.4) is 0 Å². The van der Waals surface area contributed by atoms with Gasteiger partial charge in [0.1, 0.15) is 18.7 Å². The Bertz CT molecular complexity index is 684. The summed E-state index contributed by atoms with van der Waals surface area (Å²) >= 11 is 0. The second kappa shape index (κ2) is 8.09. The van der Waals surface area contributed by atoms with Crippen LogP contribution in [0.1, 0.15) is 25.0 Å². The van der Waals surface area contributed by atoms with Crippen LogP contribution >= 0.6 is 0 Å². The number of carbonyl (C=O) groups excluding carboxylic acids is 2. The average Bonchev–Trinajstić information content (AvgIpc) is 3.04. The zero-order chi connectivity index (χ0) is 17.5. The lowest BCUT2D eigenvalue weighted by atomic mass is 10.0. The van der Waals surface area contributed by atoms with Crippen LogP contribution in [0.25, 0.3) is 0 Å². The van der Waals surface area contributed by atoms with E-state index in [-0.39, 0.29) is 11.8 Å². The largest absolute Gasteiger partial charge is 0.352 e. The predicted molar refractivity (Wildman–Crippen MR) is 88.8 cm³/mol. The van der Waals surface area contributed by atoms with Crippen molar-refractivity contribution in [1.29, 1.82) is 0 Å². The Morgan fingerprint density at radius 2 is 1.96 bits per heavy atom. The van der Waals surface area contributed by atoms with Gasteiger partial charge in [-0.05, 0) is 17.0 Å². The van der Waals surface area contributed by atoms with Gasteiger partial charge in [0, 0.05) is 6.54 Å². The van der Waals surface area contributed by atoms with E-state index in [0.29, 0.717) is 13.1 Å². The Kier molecular flexibility index (Phi) is 5.89. The molecule has 1 aromatic heterocycles. The standard InChI is InChI=1S/C16H22N6O2/c1-11(2)14(21-16(17)24)15(23)19-7-12-5-3-4-6-13(12)8-22-10-18-9-20-22/h3-6,9-11,14H,7-8H2,1-2H3,(H,19,23)(H3,17,21,24). The van der Waals surface area contributed by atoms with Crippen molar-refractivity contribution < 1.29 is 9.59 Å². The molecule has 0 bridgehead atoms. The highest BCUT2D eigenvalue weighted by Crippen LogP contribution is 2.10. The lowest BCUT2D eigenvalue weighted by Gasteiger charge is -2.21. The number of amides is 3. The third-order valence-corrected chi connectivity index (χ3v) is 3.62. The van der Waals surface area contributed by atoms with Gasteiger partial charge in [-0.15, -0.1) is 0 Å². The third-order valence-electron chi connectivity index (χ3n) is 3.62. The van der Waals surface area contributed by atoms with Crippen LogP contribution in [0.2, 0.25) is 0 Å². The molecular formula is C16H22N6O2. The first-order valence-corrected chi connectivity index (χ1v) is 7.70. The molecule has 1 aromatic carbocycles. The van der Waals surface area contributed by atoms with Gasteiger partial charge in [0.05, 0.1) is 6.54 Å². The van der Waals surface area contributed by atoms with E-state index in [1.807, 2.05) is 38.1 Å². The molecule has 0 aliphatic rings. The van der Waals surface area contributed by atoms with E-state index in [0.717, 1.165) is 11.1 Å². The summed E-state index contributed by atoms with van der Waals surface area (Å²) in [6.45, 7) is 4.62. The smallest absolute Gasteiger partial charge is 0.312 e. The Morgan fingerprint density at radius 3 is 2.54 bits per heavy atom. The summed E-state index contributed by atoms with van der Waals surface area (Å²) in [4.78, 5) is 27.3. The van der Waals surface area contributed by atoms with Crippen molar-refractivity contribution in [2.24, 2.45) is 11.7 Å². The number of benzene rings is 1. The van der Waals surface area contributed by atoms with Gasteiger partial charge in [-0.2, -0.15) is 5.10 Å². The molecule has 24 heavy (non-hydrogen) atoms. The van der Waals surface area contributed by atoms with Crippen LogP contribution in [-0.4, -0.2) is 32.7 Å². The van der Waals surface area contributed by atoms with Gasteiger partial charge in [-0.1, -0.05) is 38.1 Å². The first kappa shape index (κ1) is 17.5. The molecule has 3 amide bonds. The van der Waals surface area contributed by atoms with Crippen molar-refractivity contribution in [2.45, 2.75) is 33.0 Å². The topological polar surface area (TPSA) is 115 Å². The van der Waals surface area contributed by atoms with Gasteiger partial charge < -0.3 is 16.4 Å². The summed E-state index contributed by atoms with van der Waals surface area (Å²) < 4.78 is 1.71. The van der Waals surface area contributed by atoms with Gasteiger partial charge in [0.15, 0.2) is 0 Å². The van der Waals surface area contributed by atoms with Crippen molar-refractivity contribution in [3.05, 3.63) is 48.0 Å². The summed E-state index contributed by atoms with van der Waals surface area (Å²) in [7, 11) is 0. The maximum absolute atomic E-state index is 12.3. The van der Waals surface area contributed by atoms with Crippen LogP contribution in [0.4, 0.5) is 4.79 Å². The highest BCUT2D eigenvalue weighted by molar-refractivity contribution is 5.86. The Morgan fingerprint density at radius 1 is 1.25 bits per heavy atom. The molecule has 0 radical (unpaired) electrons. The number of aromatic nitrogens is 3. The lowest BCUT2D eigenvalue weighted by molar-refractivity contribution is -0.124. The normalized spacial score (nSPS) is 12.0. The number of carbonyl (C=O) groups is 2. The molecule has 1 unspecified atom stereocenters. The average molecular weight is 330 g/mol. The highest BCUT2D eigenvalue weighted by atomic mass is 16.2. The first-order chi connectivity index (χ1) is 11.5. The molecule has 8 nitrogen and oxygen atoms in total. The molecule has 0 fully saturated rings. The molecule has 2 aromatic rings. The monoisotopic (exact) mass is 330 g/mol. The van der Waals surface area contributed by atoms with E-state index in [4.69, 9.17) is 5.73 Å². The van der Waals surface area contributed by atoms with Gasteiger partial charge >= 0.3 is 6.03 Å². The van der Waals surface area contributed by atoms with Crippen molar-refractivity contribution >= 4 is 11.9 Å². The Balaban J connectivity index is 2.03. The van der Waals surface area contributed by atoms with Crippen molar-refractivity contribution in [2.75, 3.05) is 0 Å². The highest BCUT2D eigenvalue weighted by Gasteiger charge is 2.23. The summed E-state index contributed by atoms with van der Waals surface area (Å²) in [6.07, 6.45) is 3.12. The van der Waals surface area contributed by atoms with Crippen molar-refractivity contribution in [1.82, 2.24) is 25.4 Å². The van der Waals surface area contributed by atoms with Gasteiger partial charge in [0.2, 0.25) is 5.91 Å². The quantitative estimate of drug-likeness (QED) is 0.691. The zero-order valence-electron chi connectivity index (χ0n) is 13.8. The first-order valence-electron chi connectivity index (χ1n) is 7.70. The van der Waals surface area contributed by atoms with E-state index < -0.39 is 12.1 Å². The molecule has 1 atom stereocenters. The Hall–Kier alpha value is -2.90. The van der Waals surface area contributed by atoms with Gasteiger partial charge in [-0.25, -0.2) is 14.5 Å². The van der Waals surface area contributed by atoms with Crippen LogP contribution in [0.15, 0.2) is 36.9 Å². The summed E-state index contributed by atoms with van der Waals surface area (Å²) in [5, 5.41) is 9.41. The molecule has 0 spiro atoms. The lowest BCUT2D eigenvalue weighted by Crippen LogP contribution is -2.51. The summed E-state index contributed by atoms with van der Waals surface area (Å²) in [5.41, 5.74) is 7.14. The number of rotatable bonds is 7. The third kappa shape index (κ3) is 4.80. The van der Waals surface area contributed by atoms with Crippen LogP contribution in [-0.2, 0) is 17.9 Å². The van der Waals surface area contributed by atoms with E-state index in [1.165, 1.54) is 6.33 Å². The molecule has 2 rings (SSSR count). The fourth-order valence-corrected chi connectivity index (χ4v) is 2.35. The van der Waals surface area contributed by atoms with E-state index >= 15 is 0 Å². The van der Waals surface area contributed by atoms with Crippen LogP contribution < -0.4 is 16.4 Å². The van der Waals surface area contributed by atoms with Gasteiger partial charge in [0.25, 0.3) is 0 Å². The number of nitrogens with one attached hydrogen (secondary N) is 2. The van der Waals surface area contributed by atoms with Crippen molar-refractivity contribution in [3.8, 4) is 0 Å². The van der Waals surface area contributed by atoms with E-state index in [1.54, 1.807) is 11.0 Å². The minimum absolute atomic E-state index is 0.0668. The minimum Gasteiger partial charge on any atom is -0.352 e. The molecule has 0 saturated carbocycles. The maximum atomic E-state index is 12.3. The number of nitrogens with two attached hydrogens (primary N) is 1. The van der Waals surface area contributed by atoms with E-state index in [9.17, 15) is 9.59 Å². The number of hydrogen-bond donors (Lipinski definition) is 3. The summed E-state index contributed by atoms with van der Waals surface area (Å²) in [5.74, 6) is -0.331. The number of primary amides is 1. The van der Waals surface area contributed by atoms with Crippen molar-refractivity contribution in [3.63, 3.8) is 0 Å². The fourth-order valence-electron chi connectivity index (χ4n) is 2.35. The number of nitrogens with zero attached hydrogens (tertiary/aromatic N) is 3. The maximum Gasteiger partial charge on any atom is 0.312 e. The molecule has 4 N–H and O–H groups in total. The molecule has 8 heteroatoms. The molecular weight excluding hydrogens is 308 g/mol. The van der Waals surface area contributed by atoms with Crippen LogP contribution in [0.5, 0.6) is 0 Å². The SMILES string of the molecule is CC(C)C(NC(N)=O)C(=O)NCc1ccccc1Cn1cncn1. The molecule has 0 saturated heterocycles. The predicted octanol–water partition coefficient (Wildman–Crippen LogP) is 0.636. The number of urea groups is 1. The molecule has 0 aliphatic carbocycles.